The molecule has 2 unspecified atom stereocenters. The van der Waals surface area contributed by atoms with E-state index >= 15 is 0 Å². The van der Waals surface area contributed by atoms with Crippen LogP contribution in [0.2, 0.25) is 0 Å². The van der Waals surface area contributed by atoms with Gasteiger partial charge in [0.2, 0.25) is 0 Å². The second kappa shape index (κ2) is 4.82. The number of amides is 1. The zero-order valence-electron chi connectivity index (χ0n) is 13.7. The number of piperidine rings is 1. The van der Waals surface area contributed by atoms with Gasteiger partial charge in [-0.15, -0.1) is 0 Å². The van der Waals surface area contributed by atoms with E-state index in [0.29, 0.717) is 12.0 Å². The van der Waals surface area contributed by atoms with Gasteiger partial charge < -0.3 is 19.1 Å². The lowest BCUT2D eigenvalue weighted by atomic mass is 10.0. The quantitative estimate of drug-likeness (QED) is 0.720. The molecule has 3 aliphatic heterocycles. The molecule has 0 spiro atoms. The van der Waals surface area contributed by atoms with Crippen LogP contribution in [0.3, 0.4) is 0 Å². The summed E-state index contributed by atoms with van der Waals surface area (Å²) in [7, 11) is 0. The smallest absolute Gasteiger partial charge is 0.410 e. The van der Waals surface area contributed by atoms with Crippen LogP contribution >= 0.6 is 0 Å². The van der Waals surface area contributed by atoms with Gasteiger partial charge in [0.05, 0.1) is 13.2 Å². The fourth-order valence-corrected chi connectivity index (χ4v) is 4.06. The van der Waals surface area contributed by atoms with Crippen molar-refractivity contribution in [3.8, 4) is 0 Å². The van der Waals surface area contributed by atoms with E-state index in [1.54, 1.807) is 0 Å². The molecule has 4 aliphatic rings. The number of rotatable bonds is 2. The SMILES string of the molecule is CC(C)(C)OC(=O)N1C[C@H]2C[C@@]2(C2OC2N2CCOCC2)C1. The molecule has 1 aliphatic carbocycles. The highest BCUT2D eigenvalue weighted by Crippen LogP contribution is 2.65. The van der Waals surface area contributed by atoms with Crippen LogP contribution in [0.1, 0.15) is 27.2 Å². The van der Waals surface area contributed by atoms with Crippen LogP contribution in [0.4, 0.5) is 4.79 Å². The van der Waals surface area contributed by atoms with Gasteiger partial charge in [-0.05, 0) is 33.1 Å². The van der Waals surface area contributed by atoms with Crippen LogP contribution in [0, 0.1) is 11.3 Å². The van der Waals surface area contributed by atoms with Crippen LogP contribution in [0.25, 0.3) is 0 Å². The van der Waals surface area contributed by atoms with Crippen LogP contribution in [0.15, 0.2) is 0 Å². The van der Waals surface area contributed by atoms with Gasteiger partial charge in [0.25, 0.3) is 0 Å². The molecule has 1 amide bonds. The fourth-order valence-electron chi connectivity index (χ4n) is 4.06. The van der Waals surface area contributed by atoms with Crippen molar-refractivity contribution in [2.24, 2.45) is 11.3 Å². The second-order valence-electron chi connectivity index (χ2n) is 8.09. The Morgan fingerprint density at radius 2 is 2.00 bits per heavy atom. The number of ether oxygens (including phenoxy) is 3. The molecule has 0 aromatic rings. The van der Waals surface area contributed by atoms with Gasteiger partial charge in [-0.3, -0.25) is 4.90 Å². The van der Waals surface area contributed by atoms with E-state index < -0.39 is 5.60 Å². The highest BCUT2D eigenvalue weighted by Gasteiger charge is 2.72. The molecule has 0 aromatic heterocycles. The Bertz CT molecular complexity index is 471. The highest BCUT2D eigenvalue weighted by atomic mass is 16.6. The molecule has 0 radical (unpaired) electrons. The number of epoxide rings is 1. The number of nitrogens with zero attached hydrogens (tertiary/aromatic N) is 2. The third-order valence-corrected chi connectivity index (χ3v) is 5.30. The molecule has 22 heavy (non-hydrogen) atoms. The zero-order chi connectivity index (χ0) is 15.5. The normalized spacial score (nSPS) is 41.2. The van der Waals surface area contributed by atoms with Gasteiger partial charge >= 0.3 is 6.09 Å². The molecule has 4 rings (SSSR count). The molecule has 6 nitrogen and oxygen atoms in total. The molecule has 0 N–H and O–H groups in total. The van der Waals surface area contributed by atoms with Crippen molar-refractivity contribution in [1.82, 2.24) is 9.80 Å². The van der Waals surface area contributed by atoms with Crippen molar-refractivity contribution < 1.29 is 19.0 Å². The van der Waals surface area contributed by atoms with Crippen LogP contribution in [-0.4, -0.2) is 73.2 Å². The first-order chi connectivity index (χ1) is 10.4. The minimum Gasteiger partial charge on any atom is -0.444 e. The Balaban J connectivity index is 1.34. The summed E-state index contributed by atoms with van der Waals surface area (Å²) in [4.78, 5) is 16.5. The van der Waals surface area contributed by atoms with Crippen molar-refractivity contribution in [3.05, 3.63) is 0 Å². The lowest BCUT2D eigenvalue weighted by Gasteiger charge is -2.27. The van der Waals surface area contributed by atoms with Gasteiger partial charge in [0, 0.05) is 31.6 Å². The molecule has 3 saturated heterocycles. The maximum absolute atomic E-state index is 12.2. The maximum atomic E-state index is 12.2. The van der Waals surface area contributed by atoms with Crippen LogP contribution in [-0.2, 0) is 14.2 Å². The van der Waals surface area contributed by atoms with E-state index in [9.17, 15) is 4.79 Å². The first-order valence-corrected chi connectivity index (χ1v) is 8.34. The van der Waals surface area contributed by atoms with Crippen molar-refractivity contribution in [1.29, 1.82) is 0 Å². The summed E-state index contributed by atoms with van der Waals surface area (Å²) < 4.78 is 16.9. The lowest BCUT2D eigenvalue weighted by molar-refractivity contribution is 0.0161. The van der Waals surface area contributed by atoms with E-state index in [-0.39, 0.29) is 17.7 Å². The number of hydrogen-bond donors (Lipinski definition) is 0. The Hall–Kier alpha value is -0.850. The number of morpholine rings is 1. The van der Waals surface area contributed by atoms with Crippen LogP contribution < -0.4 is 0 Å². The number of fused-ring (bicyclic) bond motifs is 1. The number of carbonyl (C=O) groups is 1. The fraction of sp³-hybridized carbons (Fsp3) is 0.938. The predicted molar refractivity (Wildman–Crippen MR) is 79.4 cm³/mol. The first kappa shape index (κ1) is 14.7. The average Bonchev–Trinajstić information content (AvgIpc) is 3.35. The van der Waals surface area contributed by atoms with Crippen LogP contribution in [0.5, 0.6) is 0 Å². The third kappa shape index (κ3) is 2.51. The minimum atomic E-state index is -0.427. The lowest BCUT2D eigenvalue weighted by Crippen LogP contribution is -2.41. The molecule has 0 aromatic carbocycles. The summed E-state index contributed by atoms with van der Waals surface area (Å²) in [6.45, 7) is 10.9. The summed E-state index contributed by atoms with van der Waals surface area (Å²) in [5.74, 6) is 0.594. The predicted octanol–water partition coefficient (Wildman–Crippen LogP) is 1.30. The molecule has 0 bridgehead atoms. The number of carbonyl (C=O) groups excluding carboxylic acids is 1. The van der Waals surface area contributed by atoms with E-state index in [1.165, 1.54) is 6.42 Å². The van der Waals surface area contributed by atoms with E-state index in [0.717, 1.165) is 39.4 Å². The number of likely N-dealkylation sites (tertiary alicyclic amines) is 1. The Kier molecular flexibility index (Phi) is 3.23. The summed E-state index contributed by atoms with van der Waals surface area (Å²) >= 11 is 0. The topological polar surface area (TPSA) is 54.5 Å². The monoisotopic (exact) mass is 310 g/mol. The molecule has 4 fully saturated rings. The second-order valence-corrected chi connectivity index (χ2v) is 8.09. The molecule has 3 heterocycles. The summed E-state index contributed by atoms with van der Waals surface area (Å²) in [6.07, 6.45) is 1.55. The Morgan fingerprint density at radius 3 is 2.68 bits per heavy atom. The maximum Gasteiger partial charge on any atom is 0.410 e. The van der Waals surface area contributed by atoms with Gasteiger partial charge in [-0.2, -0.15) is 0 Å². The first-order valence-electron chi connectivity index (χ1n) is 8.34. The zero-order valence-corrected chi connectivity index (χ0v) is 13.7. The highest BCUT2D eigenvalue weighted by molar-refractivity contribution is 5.69. The molecule has 1 saturated carbocycles. The van der Waals surface area contributed by atoms with Crippen molar-refractivity contribution in [2.75, 3.05) is 39.4 Å². The molecule has 4 atom stereocenters. The van der Waals surface area contributed by atoms with E-state index in [4.69, 9.17) is 14.2 Å². The molecule has 6 heteroatoms. The van der Waals surface area contributed by atoms with Crippen molar-refractivity contribution >= 4 is 6.09 Å². The van der Waals surface area contributed by atoms with Gasteiger partial charge in [-0.25, -0.2) is 4.79 Å². The summed E-state index contributed by atoms with van der Waals surface area (Å²) in [5.41, 5.74) is -0.233. The number of hydrogen-bond acceptors (Lipinski definition) is 5. The Morgan fingerprint density at radius 1 is 1.27 bits per heavy atom. The standard InChI is InChI=1S/C16H26N2O4/c1-15(2,3)22-14(19)18-9-11-8-16(11,10-18)12-13(21-12)17-4-6-20-7-5-17/h11-13H,4-10H2,1-3H3/t11-,12?,13?,16-/m1/s1. The van der Waals surface area contributed by atoms with Gasteiger partial charge in [0.1, 0.15) is 17.9 Å². The average molecular weight is 310 g/mol. The van der Waals surface area contributed by atoms with E-state index in [2.05, 4.69) is 4.90 Å². The third-order valence-electron chi connectivity index (χ3n) is 5.30. The molecular formula is C16H26N2O4. The summed E-state index contributed by atoms with van der Waals surface area (Å²) in [5, 5.41) is 0. The minimum absolute atomic E-state index is 0.178. The van der Waals surface area contributed by atoms with Crippen molar-refractivity contribution in [2.45, 2.75) is 45.1 Å². The molecular weight excluding hydrogens is 284 g/mol. The largest absolute Gasteiger partial charge is 0.444 e. The van der Waals surface area contributed by atoms with Gasteiger partial charge in [-0.1, -0.05) is 0 Å². The van der Waals surface area contributed by atoms with Crippen molar-refractivity contribution in [3.63, 3.8) is 0 Å². The Labute approximate surface area is 131 Å². The van der Waals surface area contributed by atoms with E-state index in [1.807, 2.05) is 25.7 Å². The van der Waals surface area contributed by atoms with Gasteiger partial charge in [0.15, 0.2) is 0 Å². The summed E-state index contributed by atoms with van der Waals surface area (Å²) in [6, 6.07) is 0. The molecule has 124 valence electrons.